The average molecular weight is 313 g/mol. The van der Waals surface area contributed by atoms with Crippen LogP contribution in [0, 0.1) is 13.8 Å². The fraction of sp³-hybridized carbons (Fsp3) is 0.222. The molecule has 5 nitrogen and oxygen atoms in total. The summed E-state index contributed by atoms with van der Waals surface area (Å²) in [6.07, 6.45) is -0.508. The first kappa shape index (κ1) is 16.5. The Morgan fingerprint density at radius 3 is 2.22 bits per heavy atom. The second kappa shape index (κ2) is 7.45. The summed E-state index contributed by atoms with van der Waals surface area (Å²) in [4.78, 5) is 22.9. The smallest absolute Gasteiger partial charge is 0.407 e. The Balaban J connectivity index is 1.90. The third-order valence-corrected chi connectivity index (χ3v) is 3.46. The molecule has 23 heavy (non-hydrogen) atoms. The monoisotopic (exact) mass is 313 g/mol. The van der Waals surface area contributed by atoms with Crippen LogP contribution in [0.4, 0.5) is 4.79 Å². The number of carboxylic acid groups (broad SMARTS) is 1. The second-order valence-electron chi connectivity index (χ2n) is 5.33. The van der Waals surface area contributed by atoms with Gasteiger partial charge in [0.15, 0.2) is 0 Å². The number of carboxylic acids is 1. The van der Waals surface area contributed by atoms with Crippen LogP contribution in [0.2, 0.25) is 0 Å². The number of alkyl carbamates (subject to hydrolysis) is 1. The van der Waals surface area contributed by atoms with Crippen molar-refractivity contribution in [2.75, 3.05) is 0 Å². The number of aryl methyl sites for hydroxylation is 2. The molecule has 0 aliphatic heterocycles. The number of rotatable bonds is 5. The summed E-state index contributed by atoms with van der Waals surface area (Å²) >= 11 is 0. The normalized spacial score (nSPS) is 10.2. The number of amides is 1. The Kier molecular flexibility index (Phi) is 5.36. The minimum absolute atomic E-state index is 0.211. The molecule has 0 saturated heterocycles. The quantitative estimate of drug-likeness (QED) is 0.886. The third-order valence-electron chi connectivity index (χ3n) is 3.46. The molecule has 1 amide bonds. The summed E-state index contributed by atoms with van der Waals surface area (Å²) in [7, 11) is 0. The Morgan fingerprint density at radius 1 is 1.04 bits per heavy atom. The number of nitrogens with one attached hydrogen (secondary N) is 1. The lowest BCUT2D eigenvalue weighted by atomic mass is 9.99. The molecule has 0 bridgehead atoms. The Bertz CT molecular complexity index is 687. The van der Waals surface area contributed by atoms with E-state index in [2.05, 4.69) is 5.32 Å². The summed E-state index contributed by atoms with van der Waals surface area (Å²) < 4.78 is 5.13. The lowest BCUT2D eigenvalue weighted by molar-refractivity contribution is 0.0695. The van der Waals surface area contributed by atoms with Crippen molar-refractivity contribution in [1.82, 2.24) is 5.32 Å². The van der Waals surface area contributed by atoms with Gasteiger partial charge in [-0.2, -0.15) is 0 Å². The van der Waals surface area contributed by atoms with Gasteiger partial charge in [-0.15, -0.1) is 0 Å². The van der Waals surface area contributed by atoms with E-state index in [1.165, 1.54) is 0 Å². The number of carbonyl (C=O) groups is 2. The van der Waals surface area contributed by atoms with Crippen LogP contribution in [0.25, 0.3) is 0 Å². The van der Waals surface area contributed by atoms with Gasteiger partial charge < -0.3 is 15.2 Å². The summed E-state index contributed by atoms with van der Waals surface area (Å²) in [5, 5.41) is 11.8. The predicted octanol–water partition coefficient (Wildman–Crippen LogP) is 3.43. The number of hydrogen-bond donors (Lipinski definition) is 2. The summed E-state index contributed by atoms with van der Waals surface area (Å²) in [6, 6.07) is 12.9. The zero-order valence-electron chi connectivity index (χ0n) is 13.1. The van der Waals surface area contributed by atoms with Crippen molar-refractivity contribution in [2.24, 2.45) is 0 Å². The number of carbonyl (C=O) groups excluding carboxylic acids is 1. The van der Waals surface area contributed by atoms with Crippen molar-refractivity contribution in [2.45, 2.75) is 27.0 Å². The molecule has 0 atom stereocenters. The third kappa shape index (κ3) is 4.57. The zero-order chi connectivity index (χ0) is 16.8. The number of ether oxygens (including phenoxy) is 1. The van der Waals surface area contributed by atoms with Crippen molar-refractivity contribution in [3.8, 4) is 0 Å². The van der Waals surface area contributed by atoms with Crippen LogP contribution < -0.4 is 5.32 Å². The van der Waals surface area contributed by atoms with Gasteiger partial charge in [0.05, 0.1) is 5.56 Å². The second-order valence-corrected chi connectivity index (χ2v) is 5.33. The van der Waals surface area contributed by atoms with E-state index in [9.17, 15) is 9.59 Å². The van der Waals surface area contributed by atoms with Crippen LogP contribution in [0.3, 0.4) is 0 Å². The highest BCUT2D eigenvalue weighted by atomic mass is 16.5. The van der Waals surface area contributed by atoms with E-state index in [1.807, 2.05) is 30.3 Å². The summed E-state index contributed by atoms with van der Waals surface area (Å²) in [5.74, 6) is -0.943. The predicted molar refractivity (Wildman–Crippen MR) is 86.3 cm³/mol. The maximum atomic E-state index is 11.7. The van der Waals surface area contributed by atoms with E-state index in [0.717, 1.165) is 11.1 Å². The van der Waals surface area contributed by atoms with Crippen molar-refractivity contribution in [3.63, 3.8) is 0 Å². The number of aromatic carboxylic acids is 1. The first-order valence-corrected chi connectivity index (χ1v) is 7.25. The fourth-order valence-corrected chi connectivity index (χ4v) is 2.44. The van der Waals surface area contributed by atoms with Gasteiger partial charge in [-0.1, -0.05) is 42.5 Å². The molecule has 0 saturated carbocycles. The van der Waals surface area contributed by atoms with E-state index in [1.54, 1.807) is 26.0 Å². The van der Waals surface area contributed by atoms with Crippen LogP contribution in [0.1, 0.15) is 32.6 Å². The van der Waals surface area contributed by atoms with Gasteiger partial charge in [-0.3, -0.25) is 0 Å². The highest BCUT2D eigenvalue weighted by Gasteiger charge is 2.12. The SMILES string of the molecule is Cc1cc(CNC(=O)OCc2ccccc2)cc(C)c1C(=O)O. The van der Waals surface area contributed by atoms with Crippen LogP contribution >= 0.6 is 0 Å². The largest absolute Gasteiger partial charge is 0.478 e. The molecule has 2 aromatic rings. The standard InChI is InChI=1S/C18H19NO4/c1-12-8-15(9-13(2)16(12)17(20)21)10-19-18(22)23-11-14-6-4-3-5-7-14/h3-9H,10-11H2,1-2H3,(H,19,22)(H,20,21). The zero-order valence-corrected chi connectivity index (χ0v) is 13.1. The molecule has 0 aromatic heterocycles. The molecule has 0 radical (unpaired) electrons. The molecule has 2 aromatic carbocycles. The fourth-order valence-electron chi connectivity index (χ4n) is 2.44. The van der Waals surface area contributed by atoms with Gasteiger partial charge in [0.25, 0.3) is 0 Å². The molecule has 120 valence electrons. The molecule has 2 N–H and O–H groups in total. The Morgan fingerprint density at radius 2 is 1.65 bits per heavy atom. The number of benzene rings is 2. The first-order valence-electron chi connectivity index (χ1n) is 7.25. The van der Waals surface area contributed by atoms with Crippen molar-refractivity contribution < 1.29 is 19.4 Å². The summed E-state index contributed by atoms with van der Waals surface area (Å²) in [5.41, 5.74) is 3.40. The molecular formula is C18H19NO4. The highest BCUT2D eigenvalue weighted by molar-refractivity contribution is 5.91. The van der Waals surface area contributed by atoms with E-state index in [0.29, 0.717) is 16.7 Å². The molecule has 0 aliphatic carbocycles. The first-order chi connectivity index (χ1) is 11.0. The van der Waals surface area contributed by atoms with Gasteiger partial charge in [0.2, 0.25) is 0 Å². The van der Waals surface area contributed by atoms with E-state index in [-0.39, 0.29) is 13.2 Å². The molecule has 0 spiro atoms. The maximum absolute atomic E-state index is 11.7. The van der Waals surface area contributed by atoms with Gasteiger partial charge in [-0.25, -0.2) is 9.59 Å². The number of hydrogen-bond acceptors (Lipinski definition) is 3. The lowest BCUT2D eigenvalue weighted by Gasteiger charge is -2.11. The molecule has 0 heterocycles. The van der Waals surface area contributed by atoms with Crippen LogP contribution in [0.5, 0.6) is 0 Å². The Labute approximate surface area is 134 Å². The van der Waals surface area contributed by atoms with E-state index >= 15 is 0 Å². The summed E-state index contributed by atoms with van der Waals surface area (Å²) in [6.45, 7) is 3.99. The van der Waals surface area contributed by atoms with Gasteiger partial charge in [-0.05, 0) is 36.1 Å². The molecule has 0 aliphatic rings. The van der Waals surface area contributed by atoms with Crippen LogP contribution in [-0.4, -0.2) is 17.2 Å². The lowest BCUT2D eigenvalue weighted by Crippen LogP contribution is -2.23. The van der Waals surface area contributed by atoms with Crippen LogP contribution in [0.15, 0.2) is 42.5 Å². The van der Waals surface area contributed by atoms with E-state index in [4.69, 9.17) is 9.84 Å². The van der Waals surface area contributed by atoms with Crippen molar-refractivity contribution >= 4 is 12.1 Å². The molecule has 0 unspecified atom stereocenters. The minimum atomic E-state index is -0.943. The van der Waals surface area contributed by atoms with Gasteiger partial charge in [0, 0.05) is 6.54 Å². The average Bonchev–Trinajstić information content (AvgIpc) is 2.51. The Hall–Kier alpha value is -2.82. The van der Waals surface area contributed by atoms with Gasteiger partial charge >= 0.3 is 12.1 Å². The molecule has 2 rings (SSSR count). The van der Waals surface area contributed by atoms with Crippen LogP contribution in [-0.2, 0) is 17.9 Å². The van der Waals surface area contributed by atoms with Crippen molar-refractivity contribution in [3.05, 3.63) is 70.3 Å². The highest BCUT2D eigenvalue weighted by Crippen LogP contribution is 2.16. The van der Waals surface area contributed by atoms with Gasteiger partial charge in [0.1, 0.15) is 6.61 Å². The maximum Gasteiger partial charge on any atom is 0.407 e. The molecule has 0 fully saturated rings. The van der Waals surface area contributed by atoms with Crippen molar-refractivity contribution in [1.29, 1.82) is 0 Å². The minimum Gasteiger partial charge on any atom is -0.478 e. The molecular weight excluding hydrogens is 294 g/mol. The van der Waals surface area contributed by atoms with E-state index < -0.39 is 12.1 Å². The molecule has 5 heteroatoms. The topological polar surface area (TPSA) is 75.6 Å².